The first-order valence-electron chi connectivity index (χ1n) is 4.03. The molecule has 0 saturated heterocycles. The van der Waals surface area contributed by atoms with Crippen molar-refractivity contribution < 1.29 is 8.78 Å². The van der Waals surface area contributed by atoms with Gasteiger partial charge in [-0.25, -0.2) is 8.78 Å². The second kappa shape index (κ2) is 5.63. The van der Waals surface area contributed by atoms with Gasteiger partial charge >= 0.3 is 0 Å². The molecule has 0 spiro atoms. The zero-order chi connectivity index (χ0) is 9.56. The Morgan fingerprint density at radius 2 is 1.58 bits per heavy atom. The van der Waals surface area contributed by atoms with Crippen LogP contribution in [0.5, 0.6) is 0 Å². The maximum atomic E-state index is 12.5. The maximum absolute atomic E-state index is 12.5. The van der Waals surface area contributed by atoms with Crippen molar-refractivity contribution in [3.8, 4) is 0 Å². The van der Waals surface area contributed by atoms with E-state index in [0.29, 0.717) is 6.42 Å². The van der Waals surface area contributed by atoms with Crippen molar-refractivity contribution in [3.63, 3.8) is 0 Å². The van der Waals surface area contributed by atoms with Gasteiger partial charge in [0.2, 0.25) is 0 Å². The lowest BCUT2D eigenvalue weighted by atomic mass is 10.2. The van der Waals surface area contributed by atoms with E-state index in [9.17, 15) is 8.78 Å². The molecule has 68 valence electrons. The fourth-order valence-corrected chi connectivity index (χ4v) is 0.776. The SMILES string of the molecule is CC.CCc1c(F)cncc1F. The zero-order valence-corrected chi connectivity index (χ0v) is 7.56. The molecule has 12 heavy (non-hydrogen) atoms. The summed E-state index contributed by atoms with van der Waals surface area (Å²) in [5.74, 6) is -1.13. The first-order valence-corrected chi connectivity index (χ1v) is 4.03. The number of hydrogen-bond donors (Lipinski definition) is 0. The highest BCUT2D eigenvalue weighted by Crippen LogP contribution is 2.09. The number of hydrogen-bond acceptors (Lipinski definition) is 1. The third-order valence-corrected chi connectivity index (χ3v) is 1.31. The van der Waals surface area contributed by atoms with Gasteiger partial charge in [-0.3, -0.25) is 4.98 Å². The van der Waals surface area contributed by atoms with E-state index in [1.807, 2.05) is 13.8 Å². The molecule has 0 atom stereocenters. The fraction of sp³-hybridized carbons (Fsp3) is 0.444. The monoisotopic (exact) mass is 173 g/mol. The maximum Gasteiger partial charge on any atom is 0.147 e. The molecule has 1 heterocycles. The van der Waals surface area contributed by atoms with E-state index in [1.54, 1.807) is 6.92 Å². The zero-order valence-electron chi connectivity index (χ0n) is 7.56. The molecule has 0 fully saturated rings. The van der Waals surface area contributed by atoms with Crippen LogP contribution in [-0.4, -0.2) is 4.98 Å². The Morgan fingerprint density at radius 1 is 1.17 bits per heavy atom. The van der Waals surface area contributed by atoms with E-state index in [0.717, 1.165) is 12.4 Å². The summed E-state index contributed by atoms with van der Waals surface area (Å²) >= 11 is 0. The van der Waals surface area contributed by atoms with Crippen LogP contribution >= 0.6 is 0 Å². The van der Waals surface area contributed by atoms with Crippen molar-refractivity contribution in [1.82, 2.24) is 4.98 Å². The van der Waals surface area contributed by atoms with Gasteiger partial charge in [0.05, 0.1) is 12.4 Å². The van der Waals surface area contributed by atoms with Gasteiger partial charge in [-0.15, -0.1) is 0 Å². The molecule has 1 rings (SSSR count). The Balaban J connectivity index is 0.000000561. The lowest BCUT2D eigenvalue weighted by Gasteiger charge is -1.97. The van der Waals surface area contributed by atoms with Gasteiger partial charge in [-0.05, 0) is 6.42 Å². The van der Waals surface area contributed by atoms with Crippen LogP contribution < -0.4 is 0 Å². The summed E-state index contributed by atoms with van der Waals surface area (Å²) in [6, 6.07) is 0. The minimum absolute atomic E-state index is 0.106. The lowest BCUT2D eigenvalue weighted by molar-refractivity contribution is 0.549. The summed E-state index contributed by atoms with van der Waals surface area (Å²) in [6.07, 6.45) is 2.39. The number of halogens is 2. The van der Waals surface area contributed by atoms with Crippen LogP contribution in [0.4, 0.5) is 8.78 Å². The van der Waals surface area contributed by atoms with Gasteiger partial charge in [-0.1, -0.05) is 20.8 Å². The Bertz CT molecular complexity index is 216. The van der Waals surface area contributed by atoms with Gasteiger partial charge in [0, 0.05) is 5.56 Å². The molecule has 0 aliphatic carbocycles. The van der Waals surface area contributed by atoms with E-state index in [4.69, 9.17) is 0 Å². The average Bonchev–Trinajstić information content (AvgIpc) is 2.08. The summed E-state index contributed by atoms with van der Waals surface area (Å²) in [6.45, 7) is 5.70. The highest BCUT2D eigenvalue weighted by atomic mass is 19.1. The normalized spacial score (nSPS) is 8.75. The second-order valence-electron chi connectivity index (χ2n) is 1.94. The molecule has 0 amide bonds. The van der Waals surface area contributed by atoms with Crippen LogP contribution in [0.15, 0.2) is 12.4 Å². The Hall–Kier alpha value is -0.990. The van der Waals surface area contributed by atoms with E-state index in [1.165, 1.54) is 0 Å². The van der Waals surface area contributed by atoms with Gasteiger partial charge in [0.25, 0.3) is 0 Å². The van der Waals surface area contributed by atoms with E-state index >= 15 is 0 Å². The van der Waals surface area contributed by atoms with E-state index in [-0.39, 0.29) is 5.56 Å². The molecule has 0 unspecified atom stereocenters. The molecule has 0 bridgehead atoms. The molecule has 0 radical (unpaired) electrons. The summed E-state index contributed by atoms with van der Waals surface area (Å²) in [5.41, 5.74) is 0.106. The molecule has 3 heteroatoms. The molecule has 1 nitrogen and oxygen atoms in total. The molecular formula is C9H13F2N. The number of nitrogens with zero attached hydrogens (tertiary/aromatic N) is 1. The largest absolute Gasteiger partial charge is 0.259 e. The minimum atomic E-state index is -0.567. The van der Waals surface area contributed by atoms with Crippen molar-refractivity contribution >= 4 is 0 Å². The standard InChI is InChI=1S/C7H7F2N.C2H6/c1-2-5-6(8)3-10-4-7(5)9;1-2/h3-4H,2H2,1H3;1-2H3. The Kier molecular flexibility index (Phi) is 5.17. The van der Waals surface area contributed by atoms with Crippen molar-refractivity contribution in [2.24, 2.45) is 0 Å². The van der Waals surface area contributed by atoms with Gasteiger partial charge in [0.15, 0.2) is 0 Å². The summed E-state index contributed by atoms with van der Waals surface area (Å²) in [5, 5.41) is 0. The summed E-state index contributed by atoms with van der Waals surface area (Å²) in [4.78, 5) is 3.34. The van der Waals surface area contributed by atoms with E-state index < -0.39 is 11.6 Å². The van der Waals surface area contributed by atoms with Crippen LogP contribution in [0.3, 0.4) is 0 Å². The molecular weight excluding hydrogens is 160 g/mol. The van der Waals surface area contributed by atoms with Gasteiger partial charge in [-0.2, -0.15) is 0 Å². The number of pyridine rings is 1. The van der Waals surface area contributed by atoms with E-state index in [2.05, 4.69) is 4.98 Å². The third kappa shape index (κ3) is 2.57. The Morgan fingerprint density at radius 3 is 1.83 bits per heavy atom. The Labute approximate surface area is 71.4 Å². The molecule has 0 N–H and O–H groups in total. The molecule has 0 saturated carbocycles. The fourth-order valence-electron chi connectivity index (χ4n) is 0.776. The van der Waals surface area contributed by atoms with Crippen molar-refractivity contribution in [2.45, 2.75) is 27.2 Å². The summed E-state index contributed by atoms with van der Waals surface area (Å²) in [7, 11) is 0. The molecule has 0 aliphatic heterocycles. The molecule has 0 aliphatic rings. The molecule has 1 aromatic rings. The summed E-state index contributed by atoms with van der Waals surface area (Å²) < 4.78 is 25.1. The highest BCUT2D eigenvalue weighted by molar-refractivity contribution is 5.14. The number of rotatable bonds is 1. The van der Waals surface area contributed by atoms with Crippen LogP contribution in [0.2, 0.25) is 0 Å². The quantitative estimate of drug-likeness (QED) is 0.636. The van der Waals surface area contributed by atoms with Crippen LogP contribution in [0, 0.1) is 11.6 Å². The topological polar surface area (TPSA) is 12.9 Å². The molecule has 1 aromatic heterocycles. The first-order chi connectivity index (χ1) is 5.75. The smallest absolute Gasteiger partial charge is 0.147 e. The van der Waals surface area contributed by atoms with Gasteiger partial charge in [0.1, 0.15) is 11.6 Å². The van der Waals surface area contributed by atoms with Crippen LogP contribution in [0.1, 0.15) is 26.3 Å². The highest BCUT2D eigenvalue weighted by Gasteiger charge is 2.04. The van der Waals surface area contributed by atoms with Gasteiger partial charge < -0.3 is 0 Å². The third-order valence-electron chi connectivity index (χ3n) is 1.31. The van der Waals surface area contributed by atoms with Crippen molar-refractivity contribution in [1.29, 1.82) is 0 Å². The first kappa shape index (κ1) is 11.0. The molecule has 0 aromatic carbocycles. The van der Waals surface area contributed by atoms with Crippen LogP contribution in [0.25, 0.3) is 0 Å². The number of aromatic nitrogens is 1. The lowest BCUT2D eigenvalue weighted by Crippen LogP contribution is -1.93. The predicted octanol–water partition coefficient (Wildman–Crippen LogP) is 2.95. The predicted molar refractivity (Wildman–Crippen MR) is 44.9 cm³/mol. The van der Waals surface area contributed by atoms with Crippen LogP contribution in [-0.2, 0) is 6.42 Å². The minimum Gasteiger partial charge on any atom is -0.259 e. The van der Waals surface area contributed by atoms with Crippen molar-refractivity contribution in [2.75, 3.05) is 0 Å². The average molecular weight is 173 g/mol. The van der Waals surface area contributed by atoms with Crippen molar-refractivity contribution in [3.05, 3.63) is 29.6 Å². The second-order valence-corrected chi connectivity index (χ2v) is 1.94.